The molecule has 0 spiro atoms. The fourth-order valence-corrected chi connectivity index (χ4v) is 5.82. The van der Waals surface area contributed by atoms with Crippen LogP contribution in [-0.4, -0.2) is 52.1 Å². The monoisotopic (exact) mass is 645 g/mol. The molecule has 1 amide bonds. The first-order chi connectivity index (χ1) is 21.6. The molecule has 0 unspecified atom stereocenters. The molecule has 0 aliphatic carbocycles. The molecule has 6 aromatic rings. The Morgan fingerprint density at radius 2 is 1.52 bits per heavy atom. The lowest BCUT2D eigenvalue weighted by molar-refractivity contribution is 0.0746. The van der Waals surface area contributed by atoms with Crippen molar-refractivity contribution in [1.29, 1.82) is 0 Å². The zero-order valence-corrected chi connectivity index (χ0v) is 25.4. The van der Waals surface area contributed by atoms with Crippen LogP contribution in [0.5, 0.6) is 11.5 Å². The van der Waals surface area contributed by atoms with Crippen molar-refractivity contribution >= 4 is 38.8 Å². The average molecular weight is 647 g/mol. The predicted octanol–water partition coefficient (Wildman–Crippen LogP) is 7.39. The van der Waals surface area contributed by atoms with E-state index in [1.165, 1.54) is 0 Å². The summed E-state index contributed by atoms with van der Waals surface area (Å²) in [5, 5.41) is 5.22. The van der Waals surface area contributed by atoms with Gasteiger partial charge < -0.3 is 19.1 Å². The van der Waals surface area contributed by atoms with Gasteiger partial charge in [0.1, 0.15) is 34.2 Å². The second-order valence-corrected chi connectivity index (χ2v) is 11.5. The molecule has 1 aliphatic rings. The predicted molar refractivity (Wildman–Crippen MR) is 173 cm³/mol. The third kappa shape index (κ3) is 5.91. The molecule has 1 saturated heterocycles. The number of halogens is 1. The van der Waals surface area contributed by atoms with Crippen LogP contribution in [0.1, 0.15) is 21.7 Å². The Morgan fingerprint density at radius 3 is 2.30 bits per heavy atom. The number of anilines is 1. The minimum Gasteiger partial charge on any atom is -0.457 e. The maximum absolute atomic E-state index is 13.2. The van der Waals surface area contributed by atoms with Crippen LogP contribution in [0.3, 0.4) is 0 Å². The zero-order chi connectivity index (χ0) is 29.9. The van der Waals surface area contributed by atoms with Crippen molar-refractivity contribution in [2.75, 3.05) is 31.1 Å². The number of hydrogen-bond donors (Lipinski definition) is 0. The SMILES string of the molecule is O=C(c1cccc(Br)c1)N1CCN(c2nc(Cc3ccccc3)nc3onc(-c4cccc(Oc5ccccc5)c4)c23)CC1. The summed E-state index contributed by atoms with van der Waals surface area (Å²) in [6.45, 7) is 2.34. The van der Waals surface area contributed by atoms with Crippen LogP contribution in [0, 0.1) is 0 Å². The van der Waals surface area contributed by atoms with E-state index in [9.17, 15) is 4.79 Å². The third-order valence-corrected chi connectivity index (χ3v) is 8.09. The van der Waals surface area contributed by atoms with Gasteiger partial charge in [-0.05, 0) is 48.0 Å². The van der Waals surface area contributed by atoms with Crippen molar-refractivity contribution < 1.29 is 14.1 Å². The first kappa shape index (κ1) is 27.8. The van der Waals surface area contributed by atoms with Crippen LogP contribution in [0.4, 0.5) is 5.82 Å². The van der Waals surface area contributed by atoms with Gasteiger partial charge in [0.15, 0.2) is 0 Å². The highest BCUT2D eigenvalue weighted by molar-refractivity contribution is 9.10. The Balaban J connectivity index is 1.23. The van der Waals surface area contributed by atoms with Crippen LogP contribution in [0.15, 0.2) is 118 Å². The summed E-state index contributed by atoms with van der Waals surface area (Å²) in [4.78, 5) is 27.2. The van der Waals surface area contributed by atoms with Crippen molar-refractivity contribution in [2.24, 2.45) is 0 Å². The summed E-state index contributed by atoms with van der Waals surface area (Å²) in [6.07, 6.45) is 0.557. The molecule has 3 heterocycles. The number of para-hydroxylation sites is 1. The minimum atomic E-state index is 0.0180. The highest BCUT2D eigenvalue weighted by atomic mass is 79.9. The van der Waals surface area contributed by atoms with Gasteiger partial charge in [-0.1, -0.05) is 87.8 Å². The highest BCUT2D eigenvalue weighted by Gasteiger charge is 2.28. The van der Waals surface area contributed by atoms with Crippen molar-refractivity contribution in [3.8, 4) is 22.8 Å². The van der Waals surface area contributed by atoms with E-state index in [4.69, 9.17) is 19.2 Å². The molecule has 2 aromatic heterocycles. The second kappa shape index (κ2) is 12.3. The third-order valence-electron chi connectivity index (χ3n) is 7.59. The summed E-state index contributed by atoms with van der Waals surface area (Å²) in [5.74, 6) is 2.85. The van der Waals surface area contributed by atoms with Gasteiger partial charge in [-0.25, -0.2) is 4.98 Å². The Kier molecular flexibility index (Phi) is 7.77. The Labute approximate surface area is 263 Å². The van der Waals surface area contributed by atoms with E-state index in [1.54, 1.807) is 0 Å². The van der Waals surface area contributed by atoms with Crippen molar-refractivity contribution in [2.45, 2.75) is 6.42 Å². The highest BCUT2D eigenvalue weighted by Crippen LogP contribution is 2.36. The number of rotatable bonds is 7. The molecule has 1 aliphatic heterocycles. The lowest BCUT2D eigenvalue weighted by Gasteiger charge is -2.35. The van der Waals surface area contributed by atoms with Crippen LogP contribution >= 0.6 is 15.9 Å². The van der Waals surface area contributed by atoms with Gasteiger partial charge in [-0.15, -0.1) is 0 Å². The van der Waals surface area contributed by atoms with Gasteiger partial charge in [0, 0.05) is 48.2 Å². The molecule has 9 heteroatoms. The van der Waals surface area contributed by atoms with Crippen molar-refractivity contribution in [1.82, 2.24) is 20.0 Å². The van der Waals surface area contributed by atoms with Gasteiger partial charge in [-0.2, -0.15) is 4.98 Å². The number of aromatic nitrogens is 3. The number of amides is 1. The summed E-state index contributed by atoms with van der Waals surface area (Å²) in [5.41, 5.74) is 3.68. The standard InChI is InChI=1S/C35H28BrN5O3/c36-27-13-7-12-26(22-27)35(42)41-19-17-40(18-20-41)33-31-32(25-11-8-16-29(23-25)43-28-14-5-2-6-15-28)39-44-34(31)38-30(37-33)21-24-9-3-1-4-10-24/h1-16,22-23H,17-21H2. The van der Waals surface area contributed by atoms with E-state index in [-0.39, 0.29) is 5.91 Å². The summed E-state index contributed by atoms with van der Waals surface area (Å²) < 4.78 is 12.8. The molecular weight excluding hydrogens is 618 g/mol. The molecular formula is C35H28BrN5O3. The van der Waals surface area contributed by atoms with E-state index in [0.717, 1.165) is 32.6 Å². The second-order valence-electron chi connectivity index (χ2n) is 10.6. The van der Waals surface area contributed by atoms with E-state index in [2.05, 4.69) is 38.1 Å². The van der Waals surface area contributed by atoms with Crippen LogP contribution in [0.25, 0.3) is 22.4 Å². The van der Waals surface area contributed by atoms with E-state index in [1.807, 2.05) is 102 Å². The van der Waals surface area contributed by atoms with Crippen LogP contribution in [0.2, 0.25) is 0 Å². The molecule has 44 heavy (non-hydrogen) atoms. The Morgan fingerprint density at radius 1 is 0.795 bits per heavy atom. The molecule has 0 atom stereocenters. The molecule has 1 fully saturated rings. The van der Waals surface area contributed by atoms with Gasteiger partial charge in [-0.3, -0.25) is 4.79 Å². The number of fused-ring (bicyclic) bond motifs is 1. The van der Waals surface area contributed by atoms with E-state index in [0.29, 0.717) is 61.1 Å². The topological polar surface area (TPSA) is 84.6 Å². The summed E-state index contributed by atoms with van der Waals surface area (Å²) in [6, 6.07) is 35.1. The smallest absolute Gasteiger partial charge is 0.263 e. The number of ether oxygens (including phenoxy) is 1. The number of carbonyl (C=O) groups excluding carboxylic acids is 1. The number of hydrogen-bond acceptors (Lipinski definition) is 7. The lowest BCUT2D eigenvalue weighted by atomic mass is 10.1. The summed E-state index contributed by atoms with van der Waals surface area (Å²) >= 11 is 3.48. The largest absolute Gasteiger partial charge is 0.457 e. The average Bonchev–Trinajstić information content (AvgIpc) is 3.49. The minimum absolute atomic E-state index is 0.0180. The number of carbonyl (C=O) groups is 1. The van der Waals surface area contributed by atoms with Crippen LogP contribution < -0.4 is 9.64 Å². The van der Waals surface area contributed by atoms with Gasteiger partial charge in [0.2, 0.25) is 0 Å². The molecule has 218 valence electrons. The Hall–Kier alpha value is -5.02. The fourth-order valence-electron chi connectivity index (χ4n) is 5.42. The molecule has 0 radical (unpaired) electrons. The van der Waals surface area contributed by atoms with Gasteiger partial charge in [0.05, 0.1) is 0 Å². The molecule has 4 aromatic carbocycles. The maximum atomic E-state index is 13.2. The number of nitrogens with zero attached hydrogens (tertiary/aromatic N) is 5. The van der Waals surface area contributed by atoms with Gasteiger partial charge in [0.25, 0.3) is 11.6 Å². The first-order valence-corrected chi connectivity index (χ1v) is 15.2. The fraction of sp³-hybridized carbons (Fsp3) is 0.143. The number of piperazine rings is 1. The van der Waals surface area contributed by atoms with Crippen molar-refractivity contribution in [3.05, 3.63) is 131 Å². The maximum Gasteiger partial charge on any atom is 0.263 e. The first-order valence-electron chi connectivity index (χ1n) is 14.4. The van der Waals surface area contributed by atoms with E-state index >= 15 is 0 Å². The zero-order valence-electron chi connectivity index (χ0n) is 23.8. The Bertz CT molecular complexity index is 1920. The normalized spacial score (nSPS) is 13.3. The van der Waals surface area contributed by atoms with Gasteiger partial charge >= 0.3 is 0 Å². The molecule has 8 nitrogen and oxygen atoms in total. The van der Waals surface area contributed by atoms with Crippen LogP contribution in [-0.2, 0) is 6.42 Å². The summed E-state index contributed by atoms with van der Waals surface area (Å²) in [7, 11) is 0. The molecule has 0 N–H and O–H groups in total. The molecule has 0 saturated carbocycles. The lowest BCUT2D eigenvalue weighted by Crippen LogP contribution is -2.49. The molecule has 0 bridgehead atoms. The molecule has 7 rings (SSSR count). The number of benzene rings is 4. The van der Waals surface area contributed by atoms with Crippen molar-refractivity contribution in [3.63, 3.8) is 0 Å². The quantitative estimate of drug-likeness (QED) is 0.179. The van der Waals surface area contributed by atoms with E-state index < -0.39 is 0 Å².